The quantitative estimate of drug-likeness (QED) is 0.180. The Morgan fingerprint density at radius 1 is 0.704 bits per heavy atom. The van der Waals surface area contributed by atoms with Gasteiger partial charge in [-0.2, -0.15) is 0 Å². The molecule has 4 nitrogen and oxygen atoms in total. The minimum atomic E-state index is -0.935. The van der Waals surface area contributed by atoms with Crippen LogP contribution in [0.5, 0.6) is 0 Å². The van der Waals surface area contributed by atoms with E-state index in [-0.39, 0.29) is 11.5 Å². The molecule has 0 aliphatic heterocycles. The standard InChI is InChI=1S/C19H36O2.C4H6O2/c1-4-5-6-7-8-9-10-11-12-13-14-15-16-17-21-19(20)18(2)3;1-3(2)4(5)6/h2,4-17H2,1,3H3;1H2,2H3,(H,5,6). The van der Waals surface area contributed by atoms with E-state index < -0.39 is 5.97 Å². The number of hydrogen-bond donors (Lipinski definition) is 1. The van der Waals surface area contributed by atoms with Crippen LogP contribution in [0, 0.1) is 0 Å². The molecule has 0 rings (SSSR count). The molecule has 0 fully saturated rings. The Morgan fingerprint density at radius 3 is 1.33 bits per heavy atom. The van der Waals surface area contributed by atoms with Gasteiger partial charge in [-0.25, -0.2) is 9.59 Å². The molecule has 158 valence electrons. The predicted molar refractivity (Wildman–Crippen MR) is 114 cm³/mol. The Hall–Kier alpha value is -1.58. The number of hydrogen-bond acceptors (Lipinski definition) is 3. The zero-order valence-corrected chi connectivity index (χ0v) is 18.0. The fourth-order valence-corrected chi connectivity index (χ4v) is 2.41. The maximum atomic E-state index is 11.1. The molecule has 0 aromatic heterocycles. The smallest absolute Gasteiger partial charge is 0.333 e. The van der Waals surface area contributed by atoms with Crippen LogP contribution in [0.2, 0.25) is 0 Å². The first-order valence-corrected chi connectivity index (χ1v) is 10.5. The molecule has 0 aliphatic rings. The molecule has 0 unspecified atom stereocenters. The molecular weight excluding hydrogens is 340 g/mol. The highest BCUT2D eigenvalue weighted by Gasteiger charge is 2.01. The van der Waals surface area contributed by atoms with Crippen LogP contribution in [0.15, 0.2) is 24.3 Å². The van der Waals surface area contributed by atoms with E-state index in [2.05, 4.69) is 20.1 Å². The zero-order chi connectivity index (χ0) is 20.9. The summed E-state index contributed by atoms with van der Waals surface area (Å²) in [4.78, 5) is 20.7. The highest BCUT2D eigenvalue weighted by Crippen LogP contribution is 2.12. The first kappa shape index (κ1) is 27.6. The van der Waals surface area contributed by atoms with Crippen molar-refractivity contribution in [3.8, 4) is 0 Å². The number of esters is 1. The van der Waals surface area contributed by atoms with Gasteiger partial charge in [0.05, 0.1) is 6.61 Å². The molecule has 0 aliphatic carbocycles. The van der Waals surface area contributed by atoms with E-state index in [0.29, 0.717) is 12.2 Å². The number of carboxylic acids is 1. The van der Waals surface area contributed by atoms with Crippen LogP contribution in [0.3, 0.4) is 0 Å². The summed E-state index contributed by atoms with van der Waals surface area (Å²) in [6.07, 6.45) is 17.3. The fourth-order valence-electron chi connectivity index (χ4n) is 2.41. The Bertz CT molecular complexity index is 401. The maximum absolute atomic E-state index is 11.1. The van der Waals surface area contributed by atoms with Crippen molar-refractivity contribution >= 4 is 11.9 Å². The van der Waals surface area contributed by atoms with Crippen LogP contribution in [-0.4, -0.2) is 23.7 Å². The number of unbranched alkanes of at least 4 members (excludes halogenated alkanes) is 12. The minimum Gasteiger partial charge on any atom is -0.478 e. The van der Waals surface area contributed by atoms with Crippen LogP contribution in [0.4, 0.5) is 0 Å². The van der Waals surface area contributed by atoms with Crippen molar-refractivity contribution in [3.05, 3.63) is 24.3 Å². The minimum absolute atomic E-state index is 0.176. The highest BCUT2D eigenvalue weighted by molar-refractivity contribution is 5.86. The third-order valence-electron chi connectivity index (χ3n) is 4.19. The Balaban J connectivity index is 0. The van der Waals surface area contributed by atoms with Crippen molar-refractivity contribution in [2.24, 2.45) is 0 Å². The lowest BCUT2D eigenvalue weighted by Gasteiger charge is -2.04. The van der Waals surface area contributed by atoms with Gasteiger partial charge in [-0.15, -0.1) is 0 Å². The van der Waals surface area contributed by atoms with E-state index in [1.54, 1.807) is 6.92 Å². The van der Waals surface area contributed by atoms with Crippen molar-refractivity contribution in [1.29, 1.82) is 0 Å². The summed E-state index contributed by atoms with van der Waals surface area (Å²) in [5.74, 6) is -1.19. The second-order valence-electron chi connectivity index (χ2n) is 7.24. The highest BCUT2D eigenvalue weighted by atomic mass is 16.5. The van der Waals surface area contributed by atoms with E-state index in [4.69, 9.17) is 9.84 Å². The van der Waals surface area contributed by atoms with Gasteiger partial charge in [-0.3, -0.25) is 0 Å². The van der Waals surface area contributed by atoms with Gasteiger partial charge in [0.1, 0.15) is 0 Å². The van der Waals surface area contributed by atoms with Crippen LogP contribution < -0.4 is 0 Å². The second-order valence-corrected chi connectivity index (χ2v) is 7.24. The molecule has 1 N–H and O–H groups in total. The maximum Gasteiger partial charge on any atom is 0.333 e. The van der Waals surface area contributed by atoms with Crippen molar-refractivity contribution < 1.29 is 19.4 Å². The first-order chi connectivity index (χ1) is 12.8. The third kappa shape index (κ3) is 24.4. The Labute approximate surface area is 167 Å². The van der Waals surface area contributed by atoms with Crippen LogP contribution in [0.1, 0.15) is 104 Å². The number of carbonyl (C=O) groups excluding carboxylic acids is 1. The molecule has 0 heterocycles. The molecule has 0 saturated carbocycles. The molecule has 0 amide bonds. The van der Waals surface area contributed by atoms with Gasteiger partial charge in [-0.05, 0) is 20.3 Å². The van der Waals surface area contributed by atoms with E-state index in [1.807, 2.05) is 0 Å². The van der Waals surface area contributed by atoms with Gasteiger partial charge in [0.25, 0.3) is 0 Å². The van der Waals surface area contributed by atoms with Gasteiger partial charge in [-0.1, -0.05) is 97.1 Å². The second kappa shape index (κ2) is 20.7. The third-order valence-corrected chi connectivity index (χ3v) is 4.19. The average Bonchev–Trinajstić information content (AvgIpc) is 2.62. The number of rotatable bonds is 16. The largest absolute Gasteiger partial charge is 0.478 e. The number of ether oxygens (including phenoxy) is 1. The molecule has 0 atom stereocenters. The molecule has 0 bridgehead atoms. The summed E-state index contributed by atoms with van der Waals surface area (Å²) in [6.45, 7) is 12.7. The summed E-state index contributed by atoms with van der Waals surface area (Å²) < 4.78 is 5.06. The first-order valence-electron chi connectivity index (χ1n) is 10.5. The molecule has 0 saturated heterocycles. The molecule has 0 radical (unpaired) electrons. The summed E-state index contributed by atoms with van der Waals surface area (Å²) in [6, 6.07) is 0. The zero-order valence-electron chi connectivity index (χ0n) is 18.0. The van der Waals surface area contributed by atoms with E-state index >= 15 is 0 Å². The van der Waals surface area contributed by atoms with Crippen LogP contribution in [-0.2, 0) is 14.3 Å². The fraction of sp³-hybridized carbons (Fsp3) is 0.739. The summed E-state index contributed by atoms with van der Waals surface area (Å²) in [7, 11) is 0. The van der Waals surface area contributed by atoms with Crippen molar-refractivity contribution in [1.82, 2.24) is 0 Å². The van der Waals surface area contributed by atoms with Gasteiger partial charge < -0.3 is 9.84 Å². The lowest BCUT2D eigenvalue weighted by molar-refractivity contribution is -0.139. The normalized spacial score (nSPS) is 9.89. The topological polar surface area (TPSA) is 63.6 Å². The lowest BCUT2D eigenvalue weighted by Crippen LogP contribution is -2.05. The van der Waals surface area contributed by atoms with Gasteiger partial charge in [0.15, 0.2) is 0 Å². The monoisotopic (exact) mass is 382 g/mol. The summed E-state index contributed by atoms with van der Waals surface area (Å²) >= 11 is 0. The Kier molecular flexibility index (Phi) is 21.2. The lowest BCUT2D eigenvalue weighted by atomic mass is 10.0. The SMILES string of the molecule is C=C(C)C(=O)O.C=C(C)C(=O)OCCCCCCCCCCCCCCC. The predicted octanol–water partition coefficient (Wildman–Crippen LogP) is 6.84. The molecule has 0 aromatic rings. The molecule has 4 heteroatoms. The Morgan fingerprint density at radius 2 is 1.04 bits per heavy atom. The number of carboxylic acid groups (broad SMARTS) is 1. The van der Waals surface area contributed by atoms with E-state index in [1.165, 1.54) is 84.0 Å². The van der Waals surface area contributed by atoms with Crippen LogP contribution >= 0.6 is 0 Å². The van der Waals surface area contributed by atoms with E-state index in [9.17, 15) is 9.59 Å². The molecule has 0 aromatic carbocycles. The van der Waals surface area contributed by atoms with E-state index in [0.717, 1.165) is 6.42 Å². The van der Waals surface area contributed by atoms with Gasteiger partial charge >= 0.3 is 11.9 Å². The van der Waals surface area contributed by atoms with Crippen molar-refractivity contribution in [3.63, 3.8) is 0 Å². The van der Waals surface area contributed by atoms with Crippen LogP contribution in [0.25, 0.3) is 0 Å². The number of carbonyl (C=O) groups is 2. The molecule has 0 spiro atoms. The van der Waals surface area contributed by atoms with Crippen molar-refractivity contribution in [2.45, 2.75) is 104 Å². The average molecular weight is 383 g/mol. The molecular formula is C23H42O4. The van der Waals surface area contributed by atoms with Crippen molar-refractivity contribution in [2.75, 3.05) is 6.61 Å². The van der Waals surface area contributed by atoms with Gasteiger partial charge in [0, 0.05) is 11.1 Å². The summed E-state index contributed by atoms with van der Waals surface area (Å²) in [5, 5.41) is 7.89. The summed E-state index contributed by atoms with van der Waals surface area (Å²) in [5.41, 5.74) is 0.666. The van der Waals surface area contributed by atoms with Gasteiger partial charge in [0.2, 0.25) is 0 Å². The molecule has 27 heavy (non-hydrogen) atoms. The number of aliphatic carboxylic acids is 1.